The molecule has 1 aromatic rings. The molecule has 1 aromatic carbocycles. The van der Waals surface area contributed by atoms with Gasteiger partial charge in [0, 0.05) is 25.6 Å². The minimum absolute atomic E-state index is 0.110. The number of halogens is 2. The van der Waals surface area contributed by atoms with Crippen molar-refractivity contribution in [2.45, 2.75) is 6.42 Å². The quantitative estimate of drug-likeness (QED) is 0.718. The molecule has 18 heavy (non-hydrogen) atoms. The molecule has 0 heterocycles. The van der Waals surface area contributed by atoms with Gasteiger partial charge < -0.3 is 16.4 Å². The fourth-order valence-corrected chi connectivity index (χ4v) is 2.17. The van der Waals surface area contributed by atoms with Gasteiger partial charge in [-0.05, 0) is 28.1 Å². The summed E-state index contributed by atoms with van der Waals surface area (Å²) in [5, 5.41) is 5.32. The van der Waals surface area contributed by atoms with Crippen LogP contribution in [0.5, 0.6) is 0 Å². The lowest BCUT2D eigenvalue weighted by molar-refractivity contribution is -0.120. The number of nitrogens with two attached hydrogens (primary N) is 1. The number of benzene rings is 1. The van der Waals surface area contributed by atoms with E-state index in [0.29, 0.717) is 17.8 Å². The molecule has 7 heteroatoms. The first-order valence-corrected chi connectivity index (χ1v) is 6.39. The van der Waals surface area contributed by atoms with Crippen molar-refractivity contribution in [1.82, 2.24) is 5.32 Å². The number of hydrogen-bond acceptors (Lipinski definition) is 3. The Morgan fingerprint density at radius 2 is 2.22 bits per heavy atom. The molecule has 0 aliphatic rings. The summed E-state index contributed by atoms with van der Waals surface area (Å²) in [6, 6.07) is 3.16. The van der Waals surface area contributed by atoms with E-state index < -0.39 is 5.82 Å². The molecule has 0 spiro atoms. The van der Waals surface area contributed by atoms with Gasteiger partial charge in [0.1, 0.15) is 4.99 Å². The molecule has 0 aliphatic carbocycles. The molecular weight excluding hydrogens is 321 g/mol. The molecule has 0 atom stereocenters. The maximum Gasteiger partial charge on any atom is 0.221 e. The summed E-state index contributed by atoms with van der Waals surface area (Å²) in [5.74, 6) is -0.584. The number of amides is 1. The van der Waals surface area contributed by atoms with Crippen LogP contribution in [0, 0.1) is 5.82 Å². The zero-order valence-corrected chi connectivity index (χ0v) is 12.1. The first-order chi connectivity index (χ1) is 8.47. The second-order valence-corrected chi connectivity index (χ2v) is 4.74. The van der Waals surface area contributed by atoms with Gasteiger partial charge in [-0.3, -0.25) is 4.79 Å². The van der Waals surface area contributed by atoms with Crippen molar-refractivity contribution >= 4 is 44.7 Å². The molecule has 0 fully saturated rings. The van der Waals surface area contributed by atoms with Crippen LogP contribution in [0.25, 0.3) is 0 Å². The van der Waals surface area contributed by atoms with Gasteiger partial charge in [-0.25, -0.2) is 4.39 Å². The van der Waals surface area contributed by atoms with E-state index in [9.17, 15) is 9.18 Å². The van der Waals surface area contributed by atoms with E-state index >= 15 is 0 Å². The zero-order chi connectivity index (χ0) is 13.7. The minimum atomic E-state index is -0.475. The van der Waals surface area contributed by atoms with Gasteiger partial charge in [0.25, 0.3) is 0 Å². The van der Waals surface area contributed by atoms with Gasteiger partial charge in [-0.2, -0.15) is 0 Å². The number of carbonyl (C=O) groups excluding carboxylic acids is 1. The third-order valence-corrected chi connectivity index (χ3v) is 3.29. The predicted octanol–water partition coefficient (Wildman–Crippen LogP) is 1.77. The van der Waals surface area contributed by atoms with E-state index in [1.165, 1.54) is 0 Å². The molecule has 0 aliphatic heterocycles. The summed E-state index contributed by atoms with van der Waals surface area (Å²) in [6.45, 7) is 0.343. The Morgan fingerprint density at radius 3 is 2.78 bits per heavy atom. The Hall–Kier alpha value is -1.21. The molecule has 0 radical (unpaired) electrons. The van der Waals surface area contributed by atoms with E-state index in [1.807, 2.05) is 0 Å². The van der Waals surface area contributed by atoms with Gasteiger partial charge in [0.2, 0.25) is 5.91 Å². The lowest BCUT2D eigenvalue weighted by atomic mass is 10.2. The van der Waals surface area contributed by atoms with Crippen LogP contribution in [0.1, 0.15) is 12.0 Å². The molecule has 0 saturated heterocycles. The average Bonchev–Trinajstić information content (AvgIpc) is 2.33. The van der Waals surface area contributed by atoms with Crippen molar-refractivity contribution in [2.24, 2.45) is 5.73 Å². The highest BCUT2D eigenvalue weighted by Crippen LogP contribution is 2.26. The van der Waals surface area contributed by atoms with Gasteiger partial charge >= 0.3 is 0 Å². The highest BCUT2D eigenvalue weighted by atomic mass is 79.9. The summed E-state index contributed by atoms with van der Waals surface area (Å²) >= 11 is 7.90. The van der Waals surface area contributed by atoms with E-state index in [4.69, 9.17) is 18.0 Å². The summed E-state index contributed by atoms with van der Waals surface area (Å²) in [5.41, 5.74) is 6.19. The standard InChI is InChI=1S/C11H13BrFN3OS/c1-15-8(17)4-5-16-7-3-2-6(11(14)18)9(12)10(7)13/h2-3,16H,4-5H2,1H3,(H2,14,18)(H,15,17). The smallest absolute Gasteiger partial charge is 0.221 e. The normalized spacial score (nSPS) is 9.94. The van der Waals surface area contributed by atoms with Crippen molar-refractivity contribution in [3.05, 3.63) is 28.0 Å². The van der Waals surface area contributed by atoms with E-state index in [2.05, 4.69) is 26.6 Å². The first kappa shape index (κ1) is 14.8. The maximum atomic E-state index is 13.9. The van der Waals surface area contributed by atoms with Crippen LogP contribution in [0.4, 0.5) is 10.1 Å². The van der Waals surface area contributed by atoms with Crippen LogP contribution in [0.15, 0.2) is 16.6 Å². The van der Waals surface area contributed by atoms with E-state index in [0.717, 1.165) is 0 Å². The van der Waals surface area contributed by atoms with E-state index in [-0.39, 0.29) is 21.8 Å². The molecule has 0 aromatic heterocycles. The van der Waals surface area contributed by atoms with Crippen molar-refractivity contribution in [2.75, 3.05) is 18.9 Å². The molecule has 1 rings (SSSR count). The van der Waals surface area contributed by atoms with Crippen molar-refractivity contribution in [1.29, 1.82) is 0 Å². The third kappa shape index (κ3) is 3.64. The second-order valence-electron chi connectivity index (χ2n) is 3.50. The Bertz CT molecular complexity index is 482. The predicted molar refractivity (Wildman–Crippen MR) is 77.2 cm³/mol. The van der Waals surface area contributed by atoms with E-state index in [1.54, 1.807) is 19.2 Å². The maximum absolute atomic E-state index is 13.9. The minimum Gasteiger partial charge on any atom is -0.389 e. The summed E-state index contributed by atoms with van der Waals surface area (Å²) in [6.07, 6.45) is 0.268. The summed E-state index contributed by atoms with van der Waals surface area (Å²) in [4.78, 5) is 11.1. The average molecular weight is 334 g/mol. The monoisotopic (exact) mass is 333 g/mol. The van der Waals surface area contributed by atoms with Gasteiger partial charge in [0.15, 0.2) is 5.82 Å². The lowest BCUT2D eigenvalue weighted by Crippen LogP contribution is -2.21. The van der Waals surface area contributed by atoms with Crippen molar-refractivity contribution in [3.8, 4) is 0 Å². The topological polar surface area (TPSA) is 67.2 Å². The number of rotatable bonds is 5. The van der Waals surface area contributed by atoms with Crippen LogP contribution in [-0.4, -0.2) is 24.5 Å². The number of anilines is 1. The SMILES string of the molecule is CNC(=O)CCNc1ccc(C(N)=S)c(Br)c1F. The summed E-state index contributed by atoms with van der Waals surface area (Å²) in [7, 11) is 1.55. The molecule has 1 amide bonds. The fraction of sp³-hybridized carbons (Fsp3) is 0.273. The van der Waals surface area contributed by atoms with Gasteiger partial charge in [-0.15, -0.1) is 0 Å². The molecule has 4 nitrogen and oxygen atoms in total. The Balaban J connectivity index is 2.77. The molecule has 0 unspecified atom stereocenters. The number of nitrogens with one attached hydrogen (secondary N) is 2. The number of hydrogen-bond donors (Lipinski definition) is 3. The van der Waals surface area contributed by atoms with Crippen LogP contribution in [0.3, 0.4) is 0 Å². The second kappa shape index (κ2) is 6.65. The molecule has 98 valence electrons. The molecule has 0 saturated carbocycles. The van der Waals surface area contributed by atoms with Crippen molar-refractivity contribution < 1.29 is 9.18 Å². The number of carbonyl (C=O) groups is 1. The highest BCUT2D eigenvalue weighted by Gasteiger charge is 2.12. The largest absolute Gasteiger partial charge is 0.389 e. The Kier molecular flexibility index (Phi) is 5.49. The fourth-order valence-electron chi connectivity index (χ4n) is 1.31. The molecule has 4 N–H and O–H groups in total. The Labute approximate surface area is 118 Å². The van der Waals surface area contributed by atoms with Crippen LogP contribution in [0.2, 0.25) is 0 Å². The molecule has 0 bridgehead atoms. The van der Waals surface area contributed by atoms with Gasteiger partial charge in [-0.1, -0.05) is 12.2 Å². The number of thiocarbonyl (C=S) groups is 1. The first-order valence-electron chi connectivity index (χ1n) is 5.19. The van der Waals surface area contributed by atoms with Crippen LogP contribution in [-0.2, 0) is 4.79 Å². The highest BCUT2D eigenvalue weighted by molar-refractivity contribution is 9.10. The molecular formula is C11H13BrFN3OS. The van der Waals surface area contributed by atoms with Crippen molar-refractivity contribution in [3.63, 3.8) is 0 Å². The van der Waals surface area contributed by atoms with Crippen LogP contribution >= 0.6 is 28.1 Å². The zero-order valence-electron chi connectivity index (χ0n) is 9.72. The van der Waals surface area contributed by atoms with Crippen LogP contribution < -0.4 is 16.4 Å². The van der Waals surface area contributed by atoms with Gasteiger partial charge in [0.05, 0.1) is 10.2 Å². The Morgan fingerprint density at radius 1 is 1.56 bits per heavy atom. The summed E-state index contributed by atoms with van der Waals surface area (Å²) < 4.78 is 14.1. The lowest BCUT2D eigenvalue weighted by Gasteiger charge is -2.10. The third-order valence-electron chi connectivity index (χ3n) is 2.29.